The average molecular weight is 584 g/mol. The molecule has 0 aliphatic carbocycles. The summed E-state index contributed by atoms with van der Waals surface area (Å²) in [5.74, 6) is 0.420. The number of carbonyl (C=O) groups excluding carboxylic acids is 2. The number of fused-ring (bicyclic) bond motifs is 1. The van der Waals surface area contributed by atoms with Crippen LogP contribution in [0, 0.1) is 5.82 Å². The number of halogens is 2. The maximum Gasteiger partial charge on any atom is 0.412 e. The maximum atomic E-state index is 13.7. The second-order valence-electron chi connectivity index (χ2n) is 9.60. The Morgan fingerprint density at radius 3 is 2.76 bits per heavy atom. The summed E-state index contributed by atoms with van der Waals surface area (Å²) in [5.41, 5.74) is 0.531. The molecule has 4 aromatic rings. The molecule has 11 nitrogen and oxygen atoms in total. The molecule has 2 aromatic heterocycles. The predicted octanol–water partition coefficient (Wildman–Crippen LogP) is 3.93. The van der Waals surface area contributed by atoms with Gasteiger partial charge in [-0.1, -0.05) is 53.2 Å². The molecule has 2 amide bonds. The van der Waals surface area contributed by atoms with Crippen LogP contribution in [0.3, 0.4) is 0 Å². The van der Waals surface area contributed by atoms with Gasteiger partial charge in [0.2, 0.25) is 11.8 Å². The van der Waals surface area contributed by atoms with Gasteiger partial charge < -0.3 is 24.8 Å². The molecule has 3 N–H and O–H groups in total. The largest absolute Gasteiger partial charge is 0.447 e. The Bertz CT molecular complexity index is 1480. The van der Waals surface area contributed by atoms with Gasteiger partial charge in [-0.05, 0) is 43.6 Å². The van der Waals surface area contributed by atoms with Gasteiger partial charge in [-0.25, -0.2) is 14.2 Å². The highest BCUT2D eigenvalue weighted by Gasteiger charge is 2.18. The Hall–Kier alpha value is -4.13. The van der Waals surface area contributed by atoms with Crippen molar-refractivity contribution in [1.29, 1.82) is 0 Å². The number of aromatic nitrogens is 3. The molecule has 0 saturated carbocycles. The lowest BCUT2D eigenvalue weighted by atomic mass is 10.1. The number of nitrogens with zero attached hydrogens (tertiary/aromatic N) is 4. The monoisotopic (exact) mass is 583 g/mol. The van der Waals surface area contributed by atoms with Crippen LogP contribution >= 0.6 is 11.6 Å². The van der Waals surface area contributed by atoms with Crippen LogP contribution in [0.5, 0.6) is 0 Å². The van der Waals surface area contributed by atoms with E-state index in [0.717, 1.165) is 10.8 Å². The van der Waals surface area contributed by atoms with Gasteiger partial charge in [0.25, 0.3) is 0 Å². The zero-order valence-electron chi connectivity index (χ0n) is 22.7. The number of pyridine rings is 1. The van der Waals surface area contributed by atoms with Gasteiger partial charge in [0.15, 0.2) is 5.82 Å². The maximum absolute atomic E-state index is 13.7. The predicted molar refractivity (Wildman–Crippen MR) is 152 cm³/mol. The van der Waals surface area contributed by atoms with Crippen molar-refractivity contribution in [1.82, 2.24) is 30.7 Å². The van der Waals surface area contributed by atoms with Gasteiger partial charge >= 0.3 is 6.09 Å². The number of amides is 2. The van der Waals surface area contributed by atoms with E-state index in [1.807, 2.05) is 43.3 Å². The van der Waals surface area contributed by atoms with Crippen molar-refractivity contribution in [2.45, 2.75) is 32.0 Å². The van der Waals surface area contributed by atoms with Crippen LogP contribution in [0.1, 0.15) is 23.7 Å². The van der Waals surface area contributed by atoms with Crippen molar-refractivity contribution >= 4 is 40.2 Å². The lowest BCUT2D eigenvalue weighted by Crippen LogP contribution is -2.43. The lowest BCUT2D eigenvalue weighted by molar-refractivity contribution is -0.121. The Labute approximate surface area is 241 Å². The molecule has 2 heterocycles. The topological polar surface area (TPSA) is 135 Å². The molecule has 2 aromatic carbocycles. The molecule has 1 atom stereocenters. The minimum atomic E-state index is -0.711. The normalized spacial score (nSPS) is 11.9. The van der Waals surface area contributed by atoms with Crippen LogP contribution in [-0.2, 0) is 29.0 Å². The number of anilines is 1. The van der Waals surface area contributed by atoms with E-state index in [-0.39, 0.29) is 30.6 Å². The quantitative estimate of drug-likeness (QED) is 0.214. The van der Waals surface area contributed by atoms with Crippen molar-refractivity contribution in [3.05, 3.63) is 82.8 Å². The smallest absolute Gasteiger partial charge is 0.412 e. The molecule has 4 rings (SSSR count). The van der Waals surface area contributed by atoms with E-state index in [4.69, 9.17) is 20.9 Å². The van der Waals surface area contributed by atoms with E-state index >= 15 is 0 Å². The molecule has 0 fully saturated rings. The average Bonchev–Trinajstić information content (AvgIpc) is 3.39. The summed E-state index contributed by atoms with van der Waals surface area (Å²) < 4.78 is 24.4. The molecule has 0 saturated heterocycles. The molecule has 216 valence electrons. The molecule has 0 bridgehead atoms. The zero-order valence-corrected chi connectivity index (χ0v) is 23.4. The fraction of sp³-hybridized carbons (Fsp3) is 0.321. The number of benzene rings is 2. The highest BCUT2D eigenvalue weighted by atomic mass is 35.5. The number of carbonyl (C=O) groups is 2. The summed E-state index contributed by atoms with van der Waals surface area (Å²) >= 11 is 5.98. The first-order valence-electron chi connectivity index (χ1n) is 12.9. The van der Waals surface area contributed by atoms with Crippen molar-refractivity contribution in [3.63, 3.8) is 0 Å². The van der Waals surface area contributed by atoms with Crippen molar-refractivity contribution in [2.75, 3.05) is 32.6 Å². The summed E-state index contributed by atoms with van der Waals surface area (Å²) in [4.78, 5) is 35.7. The van der Waals surface area contributed by atoms with Crippen LogP contribution in [0.25, 0.3) is 10.8 Å². The summed E-state index contributed by atoms with van der Waals surface area (Å²) in [6, 6.07) is 13.3. The Morgan fingerprint density at radius 2 is 1.95 bits per heavy atom. The van der Waals surface area contributed by atoms with E-state index in [0.29, 0.717) is 42.5 Å². The second-order valence-corrected chi connectivity index (χ2v) is 9.98. The number of hydrogen-bond donors (Lipinski definition) is 3. The zero-order chi connectivity index (χ0) is 29.2. The summed E-state index contributed by atoms with van der Waals surface area (Å²) in [6.45, 7) is 0.545. The van der Waals surface area contributed by atoms with Gasteiger partial charge in [0.05, 0.1) is 24.2 Å². The first kappa shape index (κ1) is 29.8. The number of rotatable bonds is 13. The lowest BCUT2D eigenvalue weighted by Gasteiger charge is -2.18. The van der Waals surface area contributed by atoms with Crippen LogP contribution in [0.15, 0.2) is 59.3 Å². The van der Waals surface area contributed by atoms with Gasteiger partial charge in [0, 0.05) is 24.5 Å². The van der Waals surface area contributed by atoms with Gasteiger partial charge in [-0.2, -0.15) is 4.98 Å². The minimum absolute atomic E-state index is 0.00629. The molecular weight excluding hydrogens is 553 g/mol. The molecule has 0 unspecified atom stereocenters. The summed E-state index contributed by atoms with van der Waals surface area (Å²) in [6.07, 6.45) is 1.67. The first-order chi connectivity index (χ1) is 19.8. The fourth-order valence-electron chi connectivity index (χ4n) is 3.98. The minimum Gasteiger partial charge on any atom is -0.447 e. The first-order valence-corrected chi connectivity index (χ1v) is 13.3. The third-order valence-corrected chi connectivity index (χ3v) is 6.37. The fourth-order valence-corrected chi connectivity index (χ4v) is 4.17. The number of hydrogen-bond acceptors (Lipinski definition) is 9. The molecule has 0 aliphatic rings. The van der Waals surface area contributed by atoms with Gasteiger partial charge in [0.1, 0.15) is 18.2 Å². The SMILES string of the molecule is CN(C)Cc1noc(CC[C@@H](COC(=O)Nc2cc3ccccc3cn2)NC(=O)CNCc2cccc(F)c2Cl)n1. The third kappa shape index (κ3) is 9.20. The summed E-state index contributed by atoms with van der Waals surface area (Å²) in [7, 11) is 3.79. The van der Waals surface area contributed by atoms with E-state index in [2.05, 4.69) is 31.1 Å². The van der Waals surface area contributed by atoms with Gasteiger partial charge in [-0.15, -0.1) is 0 Å². The van der Waals surface area contributed by atoms with E-state index < -0.39 is 18.0 Å². The van der Waals surface area contributed by atoms with Gasteiger partial charge in [-0.3, -0.25) is 10.1 Å². The second kappa shape index (κ2) is 14.5. The van der Waals surface area contributed by atoms with E-state index in [9.17, 15) is 14.0 Å². The van der Waals surface area contributed by atoms with E-state index in [1.165, 1.54) is 6.07 Å². The Kier molecular flexibility index (Phi) is 10.5. The Morgan fingerprint density at radius 1 is 1.15 bits per heavy atom. The molecular formula is C28H31ClFN7O4. The van der Waals surface area contributed by atoms with Crippen molar-refractivity contribution < 1.29 is 23.2 Å². The van der Waals surface area contributed by atoms with Crippen LogP contribution in [0.2, 0.25) is 5.02 Å². The Balaban J connectivity index is 1.32. The molecule has 13 heteroatoms. The highest BCUT2D eigenvalue weighted by molar-refractivity contribution is 6.31. The van der Waals surface area contributed by atoms with Crippen molar-refractivity contribution in [3.8, 4) is 0 Å². The van der Waals surface area contributed by atoms with E-state index in [1.54, 1.807) is 24.4 Å². The third-order valence-electron chi connectivity index (χ3n) is 5.95. The standard InChI is InChI=1S/C28H31ClFN7O4/c1-37(2)16-24-34-26(41-36-24)11-10-21(33-25(38)15-31-13-20-8-5-9-22(30)27(20)29)17-40-28(39)35-23-12-18-6-3-4-7-19(18)14-32-23/h3-9,12,14,21,31H,10-11,13,15-17H2,1-2H3,(H,33,38)(H,32,35,39)/t21-/m0/s1. The molecule has 0 radical (unpaired) electrons. The molecule has 0 spiro atoms. The molecule has 41 heavy (non-hydrogen) atoms. The van der Waals surface area contributed by atoms with Crippen LogP contribution < -0.4 is 16.0 Å². The number of ether oxygens (including phenoxy) is 1. The summed E-state index contributed by atoms with van der Waals surface area (Å²) in [5, 5.41) is 14.2. The molecule has 0 aliphatic heterocycles. The number of nitrogens with one attached hydrogen (secondary N) is 3. The highest BCUT2D eigenvalue weighted by Crippen LogP contribution is 2.19. The number of aryl methyl sites for hydroxylation is 1. The van der Waals surface area contributed by atoms with Crippen molar-refractivity contribution in [2.24, 2.45) is 0 Å². The van der Waals surface area contributed by atoms with Crippen LogP contribution in [0.4, 0.5) is 15.0 Å². The van der Waals surface area contributed by atoms with Crippen LogP contribution in [-0.4, -0.2) is 65.3 Å².